The van der Waals surface area contributed by atoms with Gasteiger partial charge in [0.25, 0.3) is 5.89 Å². The van der Waals surface area contributed by atoms with Gasteiger partial charge in [0.15, 0.2) is 5.69 Å². The lowest BCUT2D eigenvalue weighted by atomic mass is 10.1. The molecule has 0 radical (unpaired) electrons. The fourth-order valence-corrected chi connectivity index (χ4v) is 2.94. The summed E-state index contributed by atoms with van der Waals surface area (Å²) in [5.41, 5.74) is 2.10. The summed E-state index contributed by atoms with van der Waals surface area (Å²) in [7, 11) is 0. The van der Waals surface area contributed by atoms with Crippen LogP contribution in [-0.2, 0) is 0 Å². The molecule has 4 heterocycles. The Morgan fingerprint density at radius 3 is 2.80 bits per heavy atom. The number of nitrogens with zero attached hydrogens (tertiary/aromatic N) is 5. The molecule has 0 bridgehead atoms. The number of aromatic amines is 1. The highest BCUT2D eigenvalue weighted by Crippen LogP contribution is 2.26. The van der Waals surface area contributed by atoms with Gasteiger partial charge in [-0.25, -0.2) is 4.98 Å². The molecule has 9 heteroatoms. The third-order valence-corrected chi connectivity index (χ3v) is 4.22. The number of hydrogen-bond acceptors (Lipinski definition) is 7. The first-order valence-electron chi connectivity index (χ1n) is 8.09. The predicted octanol–water partition coefficient (Wildman–Crippen LogP) is 3.03. The van der Waals surface area contributed by atoms with E-state index >= 15 is 0 Å². The van der Waals surface area contributed by atoms with Gasteiger partial charge in [-0.15, -0.1) is 0 Å². The van der Waals surface area contributed by atoms with Gasteiger partial charge in [-0.05, 0) is 42.4 Å². The molecule has 1 aliphatic heterocycles. The van der Waals surface area contributed by atoms with Crippen LogP contribution >= 0.6 is 0 Å². The van der Waals surface area contributed by atoms with Crippen LogP contribution < -0.4 is 4.90 Å². The molecule has 128 valence electrons. The molecule has 4 rings (SSSR count). The van der Waals surface area contributed by atoms with E-state index in [9.17, 15) is 10.1 Å². The first kappa shape index (κ1) is 15.3. The Hall–Kier alpha value is -3.23. The van der Waals surface area contributed by atoms with Crippen LogP contribution in [0.4, 0.5) is 11.5 Å². The average Bonchev–Trinajstić information content (AvgIpc) is 3.32. The lowest BCUT2D eigenvalue weighted by molar-refractivity contribution is -0.389. The molecule has 3 aromatic rings. The summed E-state index contributed by atoms with van der Waals surface area (Å²) in [6, 6.07) is 6.81. The number of piperidine rings is 1. The highest BCUT2D eigenvalue weighted by atomic mass is 16.6. The van der Waals surface area contributed by atoms with Crippen LogP contribution in [-0.4, -0.2) is 38.1 Å². The first-order valence-corrected chi connectivity index (χ1v) is 8.09. The van der Waals surface area contributed by atoms with Gasteiger partial charge in [0.05, 0.1) is 0 Å². The van der Waals surface area contributed by atoms with Crippen LogP contribution in [0.1, 0.15) is 19.3 Å². The molecule has 1 aliphatic rings. The number of rotatable bonds is 4. The van der Waals surface area contributed by atoms with Crippen molar-refractivity contribution in [2.75, 3.05) is 18.0 Å². The maximum absolute atomic E-state index is 10.8. The van der Waals surface area contributed by atoms with E-state index in [1.54, 1.807) is 6.20 Å². The summed E-state index contributed by atoms with van der Waals surface area (Å²) in [6.45, 7) is 2.07. The van der Waals surface area contributed by atoms with Crippen molar-refractivity contribution < 1.29 is 9.45 Å². The molecule has 0 unspecified atom stereocenters. The normalized spacial score (nSPS) is 14.6. The van der Waals surface area contributed by atoms with Gasteiger partial charge >= 0.3 is 5.82 Å². The summed E-state index contributed by atoms with van der Waals surface area (Å²) in [5, 5.41) is 14.7. The Bertz CT molecular complexity index is 897. The van der Waals surface area contributed by atoms with E-state index in [4.69, 9.17) is 4.52 Å². The van der Waals surface area contributed by atoms with Crippen LogP contribution in [0, 0.1) is 10.1 Å². The van der Waals surface area contributed by atoms with Gasteiger partial charge in [0.2, 0.25) is 5.82 Å². The lowest BCUT2D eigenvalue weighted by Gasteiger charge is -2.28. The molecule has 9 nitrogen and oxygen atoms in total. The van der Waals surface area contributed by atoms with E-state index in [-0.39, 0.29) is 11.7 Å². The Balaban J connectivity index is 1.60. The Morgan fingerprint density at radius 2 is 2.04 bits per heavy atom. The zero-order valence-corrected chi connectivity index (χ0v) is 13.4. The van der Waals surface area contributed by atoms with Crippen LogP contribution in [0.2, 0.25) is 0 Å². The van der Waals surface area contributed by atoms with Crippen molar-refractivity contribution in [1.82, 2.24) is 20.1 Å². The maximum Gasteiger partial charge on any atom is 0.321 e. The number of nitrogens with one attached hydrogen (secondary N) is 1. The largest absolute Gasteiger partial charge is 0.371 e. The minimum Gasteiger partial charge on any atom is -0.371 e. The quantitative estimate of drug-likeness (QED) is 0.573. The van der Waals surface area contributed by atoms with Crippen LogP contribution in [0.15, 0.2) is 35.0 Å². The number of aromatic nitrogens is 4. The van der Waals surface area contributed by atoms with E-state index in [0.29, 0.717) is 17.2 Å². The van der Waals surface area contributed by atoms with E-state index in [0.717, 1.165) is 18.8 Å². The zero-order valence-electron chi connectivity index (χ0n) is 13.4. The molecule has 0 saturated carbocycles. The van der Waals surface area contributed by atoms with Crippen molar-refractivity contribution in [1.29, 1.82) is 0 Å². The molecule has 0 aromatic carbocycles. The van der Waals surface area contributed by atoms with Gasteiger partial charge in [0, 0.05) is 31.0 Å². The summed E-state index contributed by atoms with van der Waals surface area (Å²) in [5.74, 6) is 0.416. The minimum absolute atomic E-state index is 0.125. The summed E-state index contributed by atoms with van der Waals surface area (Å²) >= 11 is 0. The second-order valence-corrected chi connectivity index (χ2v) is 5.88. The Labute approximate surface area is 142 Å². The van der Waals surface area contributed by atoms with Crippen molar-refractivity contribution in [3.63, 3.8) is 0 Å². The highest BCUT2D eigenvalue weighted by molar-refractivity contribution is 5.61. The Morgan fingerprint density at radius 1 is 1.20 bits per heavy atom. The fourth-order valence-electron chi connectivity index (χ4n) is 2.94. The predicted molar refractivity (Wildman–Crippen MR) is 90.0 cm³/mol. The van der Waals surface area contributed by atoms with Crippen molar-refractivity contribution in [3.05, 3.63) is 40.6 Å². The van der Waals surface area contributed by atoms with E-state index in [1.807, 2.05) is 12.1 Å². The summed E-state index contributed by atoms with van der Waals surface area (Å²) in [6.07, 6.45) is 5.38. The van der Waals surface area contributed by atoms with E-state index < -0.39 is 4.92 Å². The smallest absolute Gasteiger partial charge is 0.321 e. The molecule has 0 atom stereocenters. The van der Waals surface area contributed by atoms with Gasteiger partial charge in [-0.1, -0.05) is 5.16 Å². The average molecular weight is 340 g/mol. The SMILES string of the molecule is O=[N+]([O-])c1ccc(-c2nc(-c3cc(N4CCCCC4)ccn3)no2)[nH]1. The maximum atomic E-state index is 10.8. The number of pyridine rings is 1. The Kier molecular flexibility index (Phi) is 3.88. The molecule has 1 N–H and O–H groups in total. The summed E-state index contributed by atoms with van der Waals surface area (Å²) in [4.78, 5) is 23.8. The molecular weight excluding hydrogens is 324 g/mol. The molecule has 3 aromatic heterocycles. The van der Waals surface area contributed by atoms with Crippen LogP contribution in [0.5, 0.6) is 0 Å². The second-order valence-electron chi connectivity index (χ2n) is 5.88. The van der Waals surface area contributed by atoms with Crippen LogP contribution in [0.25, 0.3) is 23.1 Å². The minimum atomic E-state index is -0.509. The fraction of sp³-hybridized carbons (Fsp3) is 0.312. The number of nitro groups is 1. The van der Waals surface area contributed by atoms with E-state index in [1.165, 1.54) is 31.4 Å². The summed E-state index contributed by atoms with van der Waals surface area (Å²) < 4.78 is 5.21. The van der Waals surface area contributed by atoms with Gasteiger partial charge in [-0.3, -0.25) is 4.98 Å². The monoisotopic (exact) mass is 340 g/mol. The molecule has 1 saturated heterocycles. The first-order chi connectivity index (χ1) is 12.2. The molecule has 25 heavy (non-hydrogen) atoms. The van der Waals surface area contributed by atoms with Crippen molar-refractivity contribution >= 4 is 11.5 Å². The second kappa shape index (κ2) is 6.34. The topological polar surface area (TPSA) is 114 Å². The molecule has 1 fully saturated rings. The standard InChI is InChI=1S/C16H16N6O3/c23-22(24)14-5-4-12(18-14)16-19-15(20-25-16)13-10-11(6-7-17-13)21-8-2-1-3-9-21/h4-7,10,18H,1-3,8-9H2. The van der Waals surface area contributed by atoms with Crippen molar-refractivity contribution in [2.24, 2.45) is 0 Å². The third kappa shape index (κ3) is 3.08. The number of hydrogen-bond donors (Lipinski definition) is 1. The number of H-pyrrole nitrogens is 1. The molecule has 0 amide bonds. The lowest BCUT2D eigenvalue weighted by Crippen LogP contribution is -2.29. The molecule has 0 aliphatic carbocycles. The zero-order chi connectivity index (χ0) is 17.2. The van der Waals surface area contributed by atoms with Crippen molar-refractivity contribution in [2.45, 2.75) is 19.3 Å². The van der Waals surface area contributed by atoms with E-state index in [2.05, 4.69) is 25.0 Å². The van der Waals surface area contributed by atoms with Crippen LogP contribution in [0.3, 0.4) is 0 Å². The molecule has 0 spiro atoms. The van der Waals surface area contributed by atoms with Gasteiger partial charge in [-0.2, -0.15) is 4.98 Å². The van der Waals surface area contributed by atoms with Crippen molar-refractivity contribution in [3.8, 4) is 23.1 Å². The highest BCUT2D eigenvalue weighted by Gasteiger charge is 2.19. The van der Waals surface area contributed by atoms with Gasteiger partial charge < -0.3 is 19.5 Å². The van der Waals surface area contributed by atoms with Gasteiger partial charge in [0.1, 0.15) is 5.69 Å². The number of anilines is 1. The molecular formula is C16H16N6O3. The third-order valence-electron chi connectivity index (χ3n) is 4.22.